The highest BCUT2D eigenvalue weighted by Gasteiger charge is 2.26. The molecule has 1 fully saturated rings. The lowest BCUT2D eigenvalue weighted by molar-refractivity contribution is 0.205. The molecule has 5 nitrogen and oxygen atoms in total. The largest absolute Gasteiger partial charge is 0.316 e. The topological polar surface area (TPSA) is 46.0 Å². The number of nitrogens with one attached hydrogen (secondary N) is 1. The van der Waals surface area contributed by atoms with Crippen LogP contribution in [-0.2, 0) is 19.6 Å². The summed E-state index contributed by atoms with van der Waals surface area (Å²) in [5, 5.41) is 12.5. The summed E-state index contributed by atoms with van der Waals surface area (Å²) in [5.41, 5.74) is 3.42. The van der Waals surface area contributed by atoms with E-state index in [4.69, 9.17) is 0 Å². The number of nitrogens with zero attached hydrogens (tertiary/aromatic N) is 4. The fourth-order valence-electron chi connectivity index (χ4n) is 4.49. The van der Waals surface area contributed by atoms with Gasteiger partial charge in [0.05, 0.1) is 6.54 Å². The maximum atomic E-state index is 13.2. The fraction of sp³-hybridized carbons (Fsp3) is 0.391. The second kappa shape index (κ2) is 8.05. The lowest BCUT2D eigenvalue weighted by atomic mass is 9.98. The van der Waals surface area contributed by atoms with E-state index >= 15 is 0 Å². The Labute approximate surface area is 170 Å². The van der Waals surface area contributed by atoms with Crippen LogP contribution in [0, 0.1) is 5.82 Å². The molecule has 0 saturated carbocycles. The quantitative estimate of drug-likeness (QED) is 0.739. The van der Waals surface area contributed by atoms with Crippen LogP contribution in [0.4, 0.5) is 4.39 Å². The first-order valence-electron chi connectivity index (χ1n) is 10.5. The van der Waals surface area contributed by atoms with E-state index in [0.29, 0.717) is 5.92 Å². The van der Waals surface area contributed by atoms with Crippen molar-refractivity contribution in [2.75, 3.05) is 19.6 Å². The van der Waals surface area contributed by atoms with Gasteiger partial charge < -0.3 is 9.88 Å². The number of piperidine rings is 1. The van der Waals surface area contributed by atoms with Gasteiger partial charge in [0.1, 0.15) is 17.5 Å². The summed E-state index contributed by atoms with van der Waals surface area (Å²) >= 11 is 0. The van der Waals surface area contributed by atoms with E-state index in [1.54, 1.807) is 0 Å². The molecule has 1 atom stereocenters. The first kappa shape index (κ1) is 18.5. The Morgan fingerprint density at radius 1 is 1.03 bits per heavy atom. The van der Waals surface area contributed by atoms with Gasteiger partial charge in [-0.2, -0.15) is 0 Å². The van der Waals surface area contributed by atoms with Crippen LogP contribution in [0.1, 0.15) is 36.0 Å². The minimum absolute atomic E-state index is 0.203. The molecule has 5 rings (SSSR count). The second-order valence-corrected chi connectivity index (χ2v) is 8.09. The van der Waals surface area contributed by atoms with Crippen LogP contribution >= 0.6 is 0 Å². The van der Waals surface area contributed by atoms with E-state index in [-0.39, 0.29) is 5.82 Å². The van der Waals surface area contributed by atoms with Crippen LogP contribution in [0.15, 0.2) is 48.5 Å². The first-order valence-corrected chi connectivity index (χ1v) is 10.5. The van der Waals surface area contributed by atoms with Gasteiger partial charge in [-0.1, -0.05) is 30.3 Å². The van der Waals surface area contributed by atoms with Gasteiger partial charge >= 0.3 is 0 Å². The van der Waals surface area contributed by atoms with Crippen LogP contribution in [0.25, 0.3) is 11.1 Å². The highest BCUT2D eigenvalue weighted by Crippen LogP contribution is 2.26. The van der Waals surface area contributed by atoms with Crippen LogP contribution in [0.3, 0.4) is 0 Å². The van der Waals surface area contributed by atoms with Crippen molar-refractivity contribution in [1.82, 2.24) is 25.0 Å². The van der Waals surface area contributed by atoms with Crippen molar-refractivity contribution in [2.45, 2.75) is 38.4 Å². The van der Waals surface area contributed by atoms with Gasteiger partial charge in [0.2, 0.25) is 0 Å². The minimum Gasteiger partial charge on any atom is -0.316 e. The van der Waals surface area contributed by atoms with E-state index in [1.807, 2.05) is 12.1 Å². The van der Waals surface area contributed by atoms with Crippen molar-refractivity contribution in [3.8, 4) is 11.1 Å². The van der Waals surface area contributed by atoms with Crippen molar-refractivity contribution in [3.05, 3.63) is 71.6 Å². The van der Waals surface area contributed by atoms with Gasteiger partial charge in [-0.05, 0) is 54.3 Å². The Morgan fingerprint density at radius 2 is 1.93 bits per heavy atom. The van der Waals surface area contributed by atoms with E-state index in [1.165, 1.54) is 30.5 Å². The van der Waals surface area contributed by atoms with Crippen LogP contribution in [0.5, 0.6) is 0 Å². The smallest absolute Gasteiger partial charge is 0.147 e. The monoisotopic (exact) mass is 391 g/mol. The summed E-state index contributed by atoms with van der Waals surface area (Å²) in [7, 11) is 0. The summed E-state index contributed by atoms with van der Waals surface area (Å²) < 4.78 is 15.5. The summed E-state index contributed by atoms with van der Waals surface area (Å²) in [5.74, 6) is 2.52. The zero-order chi connectivity index (χ0) is 19.6. The molecule has 150 valence electrons. The molecule has 1 N–H and O–H groups in total. The predicted octanol–water partition coefficient (Wildman–Crippen LogP) is 3.57. The molecule has 3 heterocycles. The number of fused-ring (bicyclic) bond motifs is 1. The lowest BCUT2D eigenvalue weighted by Crippen LogP contribution is -2.35. The van der Waals surface area contributed by atoms with Gasteiger partial charge in [-0.25, -0.2) is 4.39 Å². The number of aromatic nitrogens is 3. The van der Waals surface area contributed by atoms with Gasteiger partial charge in [-0.15, -0.1) is 10.2 Å². The molecule has 1 aromatic heterocycles. The number of hydrogen-bond acceptors (Lipinski definition) is 4. The molecule has 2 aliphatic rings. The van der Waals surface area contributed by atoms with E-state index < -0.39 is 0 Å². The average Bonchev–Trinajstić information content (AvgIpc) is 3.18. The summed E-state index contributed by atoms with van der Waals surface area (Å²) in [6, 6.07) is 15.2. The van der Waals surface area contributed by atoms with Gasteiger partial charge in [0, 0.05) is 32.1 Å². The first-order chi connectivity index (χ1) is 14.3. The Kier molecular flexibility index (Phi) is 5.12. The number of benzene rings is 2. The van der Waals surface area contributed by atoms with E-state index in [2.05, 4.69) is 49.2 Å². The molecule has 2 aromatic carbocycles. The fourth-order valence-corrected chi connectivity index (χ4v) is 4.49. The third kappa shape index (κ3) is 3.95. The summed E-state index contributed by atoms with van der Waals surface area (Å²) in [4.78, 5) is 2.43. The Bertz CT molecular complexity index is 975. The van der Waals surface area contributed by atoms with E-state index in [0.717, 1.165) is 62.0 Å². The van der Waals surface area contributed by atoms with Gasteiger partial charge in [0.15, 0.2) is 0 Å². The summed E-state index contributed by atoms with van der Waals surface area (Å²) in [6.07, 6.45) is 2.41. The van der Waals surface area contributed by atoms with E-state index in [9.17, 15) is 4.39 Å². The predicted molar refractivity (Wildman–Crippen MR) is 111 cm³/mol. The Balaban J connectivity index is 1.29. The average molecular weight is 391 g/mol. The van der Waals surface area contributed by atoms with Crippen molar-refractivity contribution in [1.29, 1.82) is 0 Å². The molecule has 3 aromatic rings. The lowest BCUT2D eigenvalue weighted by Gasteiger charge is -2.29. The third-order valence-corrected chi connectivity index (χ3v) is 6.03. The Morgan fingerprint density at radius 3 is 2.76 bits per heavy atom. The van der Waals surface area contributed by atoms with Crippen molar-refractivity contribution >= 4 is 0 Å². The SMILES string of the molecule is Fc1ccc(-c2cccc(CN3CCn4c(nnc4[C@H]4CCCNC4)C3)c2)cc1. The molecule has 0 radical (unpaired) electrons. The molecule has 0 spiro atoms. The van der Waals surface area contributed by atoms with Crippen LogP contribution < -0.4 is 5.32 Å². The molecule has 0 amide bonds. The van der Waals surface area contributed by atoms with Crippen LogP contribution in [0.2, 0.25) is 0 Å². The molecule has 29 heavy (non-hydrogen) atoms. The number of hydrogen-bond donors (Lipinski definition) is 1. The zero-order valence-electron chi connectivity index (χ0n) is 16.5. The van der Waals surface area contributed by atoms with Gasteiger partial charge in [-0.3, -0.25) is 4.90 Å². The van der Waals surface area contributed by atoms with Crippen molar-refractivity contribution in [3.63, 3.8) is 0 Å². The second-order valence-electron chi connectivity index (χ2n) is 8.09. The molecule has 0 unspecified atom stereocenters. The molecule has 0 bridgehead atoms. The van der Waals surface area contributed by atoms with Gasteiger partial charge in [0.25, 0.3) is 0 Å². The standard InChI is InChI=1S/C23H26FN5/c24-21-8-6-18(7-9-21)19-4-1-3-17(13-19)15-28-11-12-29-22(16-28)26-27-23(29)20-5-2-10-25-14-20/h1,3-4,6-9,13,20,25H,2,5,10-12,14-16H2/t20-/m0/s1. The number of rotatable bonds is 4. The Hall–Kier alpha value is -2.57. The maximum absolute atomic E-state index is 13.2. The molecule has 2 aliphatic heterocycles. The third-order valence-electron chi connectivity index (χ3n) is 6.03. The maximum Gasteiger partial charge on any atom is 0.147 e. The minimum atomic E-state index is -0.203. The summed E-state index contributed by atoms with van der Waals surface area (Å²) in [6.45, 7) is 5.78. The highest BCUT2D eigenvalue weighted by molar-refractivity contribution is 5.64. The highest BCUT2D eigenvalue weighted by atomic mass is 19.1. The van der Waals surface area contributed by atoms with Crippen molar-refractivity contribution < 1.29 is 4.39 Å². The molecular weight excluding hydrogens is 365 g/mol. The normalized spacial score (nSPS) is 19.8. The molecular formula is C23H26FN5. The molecule has 6 heteroatoms. The molecule has 1 saturated heterocycles. The molecule has 0 aliphatic carbocycles. The van der Waals surface area contributed by atoms with Crippen LogP contribution in [-0.4, -0.2) is 39.3 Å². The number of halogens is 1. The van der Waals surface area contributed by atoms with Crippen molar-refractivity contribution in [2.24, 2.45) is 0 Å². The zero-order valence-corrected chi connectivity index (χ0v) is 16.5.